The average molecular weight is 292 g/mol. The first-order valence-electron chi connectivity index (χ1n) is 8.21. The van der Waals surface area contributed by atoms with Crippen molar-refractivity contribution in [3.63, 3.8) is 0 Å². The summed E-state index contributed by atoms with van der Waals surface area (Å²) in [5.74, 6) is 0.789. The zero-order chi connectivity index (χ0) is 15.5. The Balaban J connectivity index is 2.18. The molecule has 0 aromatic carbocycles. The molecular formula is C17H28N2O2. The van der Waals surface area contributed by atoms with Crippen molar-refractivity contribution in [3.8, 4) is 0 Å². The van der Waals surface area contributed by atoms with Gasteiger partial charge in [0, 0.05) is 18.8 Å². The second-order valence-corrected chi connectivity index (χ2v) is 6.32. The van der Waals surface area contributed by atoms with E-state index in [0.29, 0.717) is 18.9 Å². The number of nitrogens with zero attached hydrogens (tertiary/aromatic N) is 2. The van der Waals surface area contributed by atoms with Crippen LogP contribution in [0, 0.1) is 12.8 Å². The molecule has 1 aromatic heterocycles. The van der Waals surface area contributed by atoms with Crippen molar-refractivity contribution >= 4 is 5.78 Å². The van der Waals surface area contributed by atoms with E-state index < -0.39 is 5.60 Å². The van der Waals surface area contributed by atoms with Gasteiger partial charge >= 0.3 is 0 Å². The Morgan fingerprint density at radius 1 is 1.52 bits per heavy atom. The first-order chi connectivity index (χ1) is 10.0. The largest absolute Gasteiger partial charge is 0.367 e. The number of aromatic nitrogens is 2. The molecule has 118 valence electrons. The van der Waals surface area contributed by atoms with Crippen LogP contribution in [-0.4, -0.2) is 27.8 Å². The van der Waals surface area contributed by atoms with Gasteiger partial charge in [-0.3, -0.25) is 9.48 Å². The fraction of sp³-hybridized carbons (Fsp3) is 0.765. The van der Waals surface area contributed by atoms with E-state index in [-0.39, 0.29) is 5.78 Å². The van der Waals surface area contributed by atoms with Crippen LogP contribution in [0.5, 0.6) is 0 Å². The standard InChI is InChI=1S/C17H28N2O2/c1-5-19-15(10-14(4)18-19)11-16(20)17(21-6-2)9-7-8-13(3)12-17/h10,13H,5-9,11-12H2,1-4H3. The number of rotatable bonds is 6. The molecule has 1 fully saturated rings. The molecular weight excluding hydrogens is 264 g/mol. The van der Waals surface area contributed by atoms with Crippen LogP contribution in [0.25, 0.3) is 0 Å². The third-order valence-corrected chi connectivity index (χ3v) is 4.51. The summed E-state index contributed by atoms with van der Waals surface area (Å²) in [5, 5.41) is 4.43. The minimum absolute atomic E-state index is 0.227. The molecule has 0 spiro atoms. The highest BCUT2D eigenvalue weighted by Gasteiger charge is 2.42. The Morgan fingerprint density at radius 3 is 2.90 bits per heavy atom. The molecule has 0 radical (unpaired) electrons. The van der Waals surface area contributed by atoms with E-state index in [4.69, 9.17) is 4.74 Å². The number of hydrogen-bond donors (Lipinski definition) is 0. The molecule has 0 amide bonds. The summed E-state index contributed by atoms with van der Waals surface area (Å²) in [4.78, 5) is 12.9. The molecule has 1 heterocycles. The zero-order valence-corrected chi connectivity index (χ0v) is 13.8. The van der Waals surface area contributed by atoms with E-state index in [2.05, 4.69) is 18.9 Å². The van der Waals surface area contributed by atoms with Gasteiger partial charge in [-0.1, -0.05) is 13.3 Å². The number of carbonyl (C=O) groups excluding carboxylic acids is 1. The number of aryl methyl sites for hydroxylation is 2. The molecule has 4 nitrogen and oxygen atoms in total. The lowest BCUT2D eigenvalue weighted by Gasteiger charge is -2.38. The Kier molecular flexibility index (Phi) is 5.20. The Labute approximate surface area is 127 Å². The fourth-order valence-electron chi connectivity index (χ4n) is 3.59. The van der Waals surface area contributed by atoms with Gasteiger partial charge in [-0.2, -0.15) is 5.10 Å². The monoisotopic (exact) mass is 292 g/mol. The number of ether oxygens (including phenoxy) is 1. The van der Waals surface area contributed by atoms with Gasteiger partial charge < -0.3 is 4.74 Å². The van der Waals surface area contributed by atoms with Crippen molar-refractivity contribution < 1.29 is 9.53 Å². The van der Waals surface area contributed by atoms with E-state index >= 15 is 0 Å². The van der Waals surface area contributed by atoms with E-state index in [1.807, 2.05) is 24.6 Å². The maximum atomic E-state index is 12.9. The lowest BCUT2D eigenvalue weighted by Crippen LogP contribution is -2.46. The summed E-state index contributed by atoms with van der Waals surface area (Å²) in [7, 11) is 0. The van der Waals surface area contributed by atoms with Crippen LogP contribution in [0.3, 0.4) is 0 Å². The van der Waals surface area contributed by atoms with Crippen LogP contribution in [0.15, 0.2) is 6.07 Å². The summed E-state index contributed by atoms with van der Waals surface area (Å²) in [5.41, 5.74) is 1.42. The Hall–Kier alpha value is -1.16. The number of ketones is 1. The average Bonchev–Trinajstić information content (AvgIpc) is 2.79. The summed E-state index contributed by atoms with van der Waals surface area (Å²) in [6, 6.07) is 2.02. The molecule has 1 aliphatic carbocycles. The molecule has 2 rings (SSSR count). The van der Waals surface area contributed by atoms with Crippen molar-refractivity contribution in [2.75, 3.05) is 6.61 Å². The zero-order valence-electron chi connectivity index (χ0n) is 13.8. The lowest BCUT2D eigenvalue weighted by molar-refractivity contribution is -0.150. The van der Waals surface area contributed by atoms with Gasteiger partial charge in [0.2, 0.25) is 0 Å². The lowest BCUT2D eigenvalue weighted by atomic mass is 9.75. The smallest absolute Gasteiger partial charge is 0.170 e. The van der Waals surface area contributed by atoms with Crippen LogP contribution in [0.2, 0.25) is 0 Å². The van der Waals surface area contributed by atoms with Crippen LogP contribution < -0.4 is 0 Å². The van der Waals surface area contributed by atoms with Crippen LogP contribution in [-0.2, 0) is 22.5 Å². The van der Waals surface area contributed by atoms with Gasteiger partial charge in [0.25, 0.3) is 0 Å². The highest BCUT2D eigenvalue weighted by atomic mass is 16.5. The van der Waals surface area contributed by atoms with Gasteiger partial charge in [-0.15, -0.1) is 0 Å². The van der Waals surface area contributed by atoms with E-state index in [1.54, 1.807) is 0 Å². The number of Topliss-reactive ketones (excluding diaryl/α,β-unsaturated/α-hetero) is 1. The van der Waals surface area contributed by atoms with Crippen LogP contribution in [0.4, 0.5) is 0 Å². The Bertz CT molecular complexity index is 491. The molecule has 1 aliphatic rings. The van der Waals surface area contributed by atoms with Crippen molar-refractivity contribution in [3.05, 3.63) is 17.5 Å². The van der Waals surface area contributed by atoms with Crippen LogP contribution >= 0.6 is 0 Å². The summed E-state index contributed by atoms with van der Waals surface area (Å²) >= 11 is 0. The molecule has 2 atom stereocenters. The van der Waals surface area contributed by atoms with Crippen molar-refractivity contribution in [1.29, 1.82) is 0 Å². The van der Waals surface area contributed by atoms with E-state index in [9.17, 15) is 4.79 Å². The fourth-order valence-corrected chi connectivity index (χ4v) is 3.59. The first-order valence-corrected chi connectivity index (χ1v) is 8.21. The predicted octanol–water partition coefficient (Wildman–Crippen LogP) is 3.31. The second kappa shape index (κ2) is 6.73. The molecule has 21 heavy (non-hydrogen) atoms. The van der Waals surface area contributed by atoms with Gasteiger partial charge in [0.05, 0.1) is 12.1 Å². The summed E-state index contributed by atoms with van der Waals surface area (Å²) in [6.07, 6.45) is 4.44. The Morgan fingerprint density at radius 2 is 2.29 bits per heavy atom. The van der Waals surface area contributed by atoms with Crippen molar-refractivity contribution in [2.24, 2.45) is 5.92 Å². The molecule has 1 saturated carbocycles. The molecule has 1 aromatic rings. The minimum atomic E-state index is -0.566. The highest BCUT2D eigenvalue weighted by molar-refractivity contribution is 5.89. The SMILES string of the molecule is CCOC1(C(=O)Cc2cc(C)nn2CC)CCCC(C)C1. The van der Waals surface area contributed by atoms with Gasteiger partial charge in [0.15, 0.2) is 5.78 Å². The van der Waals surface area contributed by atoms with Crippen molar-refractivity contribution in [1.82, 2.24) is 9.78 Å². The van der Waals surface area contributed by atoms with Gasteiger partial charge in [-0.05, 0) is 52.0 Å². The normalized spacial score (nSPS) is 26.0. The quantitative estimate of drug-likeness (QED) is 0.808. The van der Waals surface area contributed by atoms with Crippen LogP contribution in [0.1, 0.15) is 57.8 Å². The molecule has 0 N–H and O–H groups in total. The van der Waals surface area contributed by atoms with Gasteiger partial charge in [0.1, 0.15) is 5.60 Å². The first kappa shape index (κ1) is 16.2. The molecule has 4 heteroatoms. The predicted molar refractivity (Wildman–Crippen MR) is 83.3 cm³/mol. The van der Waals surface area contributed by atoms with Gasteiger partial charge in [-0.25, -0.2) is 0 Å². The maximum Gasteiger partial charge on any atom is 0.170 e. The third-order valence-electron chi connectivity index (χ3n) is 4.51. The highest BCUT2D eigenvalue weighted by Crippen LogP contribution is 2.36. The number of hydrogen-bond acceptors (Lipinski definition) is 3. The molecule has 0 saturated heterocycles. The summed E-state index contributed by atoms with van der Waals surface area (Å²) in [6.45, 7) is 9.64. The molecule has 0 aliphatic heterocycles. The van der Waals surface area contributed by atoms with E-state index in [0.717, 1.165) is 37.2 Å². The summed E-state index contributed by atoms with van der Waals surface area (Å²) < 4.78 is 7.91. The maximum absolute atomic E-state index is 12.9. The molecule has 2 unspecified atom stereocenters. The van der Waals surface area contributed by atoms with E-state index in [1.165, 1.54) is 6.42 Å². The number of carbonyl (C=O) groups is 1. The second-order valence-electron chi connectivity index (χ2n) is 6.32. The van der Waals surface area contributed by atoms with Crippen molar-refractivity contribution in [2.45, 2.75) is 71.9 Å². The minimum Gasteiger partial charge on any atom is -0.367 e. The molecule has 0 bridgehead atoms. The topological polar surface area (TPSA) is 44.1 Å². The third kappa shape index (κ3) is 3.54.